The lowest BCUT2D eigenvalue weighted by Gasteiger charge is -2.30. The Bertz CT molecular complexity index is 1090. The van der Waals surface area contributed by atoms with Gasteiger partial charge in [-0.15, -0.1) is 11.3 Å². The maximum Gasteiger partial charge on any atom is 0.266 e. The first kappa shape index (κ1) is 23.7. The average molecular weight is 481 g/mol. The third-order valence-electron chi connectivity index (χ3n) is 5.71. The summed E-state index contributed by atoms with van der Waals surface area (Å²) in [6, 6.07) is 10.9. The molecule has 1 saturated heterocycles. The zero-order valence-electron chi connectivity index (χ0n) is 19.1. The number of nitrogens with zero attached hydrogens (tertiary/aromatic N) is 3. The molecule has 9 heteroatoms. The normalized spacial score (nSPS) is 15.8. The van der Waals surface area contributed by atoms with Crippen LogP contribution in [0.1, 0.15) is 40.2 Å². The number of carbonyl (C=O) groups excluding carboxylic acids is 2. The van der Waals surface area contributed by atoms with Gasteiger partial charge in [-0.2, -0.15) is 0 Å². The van der Waals surface area contributed by atoms with Crippen molar-refractivity contribution in [3.05, 3.63) is 70.4 Å². The molecule has 0 unspecified atom stereocenters. The summed E-state index contributed by atoms with van der Waals surface area (Å²) in [6.07, 6.45) is 6.40. The molecule has 0 radical (unpaired) electrons. The molecule has 3 aromatic rings. The molecule has 0 bridgehead atoms. The van der Waals surface area contributed by atoms with E-state index in [-0.39, 0.29) is 18.4 Å². The van der Waals surface area contributed by atoms with E-state index in [2.05, 4.69) is 15.3 Å². The Balaban J connectivity index is 1.51. The van der Waals surface area contributed by atoms with Crippen LogP contribution in [0.3, 0.4) is 0 Å². The summed E-state index contributed by atoms with van der Waals surface area (Å²) in [4.78, 5) is 36.6. The highest BCUT2D eigenvalue weighted by molar-refractivity contribution is 7.11. The minimum atomic E-state index is -0.530. The summed E-state index contributed by atoms with van der Waals surface area (Å²) in [7, 11) is 1.59. The van der Waals surface area contributed by atoms with Gasteiger partial charge in [0.1, 0.15) is 10.9 Å². The van der Waals surface area contributed by atoms with Crippen molar-refractivity contribution in [2.24, 2.45) is 0 Å². The second-order valence-electron chi connectivity index (χ2n) is 8.01. The van der Waals surface area contributed by atoms with Crippen LogP contribution in [-0.2, 0) is 17.8 Å². The van der Waals surface area contributed by atoms with Gasteiger partial charge in [0.05, 0.1) is 25.4 Å². The van der Waals surface area contributed by atoms with Gasteiger partial charge in [-0.1, -0.05) is 12.1 Å². The maximum absolute atomic E-state index is 13.3. The predicted molar refractivity (Wildman–Crippen MR) is 129 cm³/mol. The molecule has 1 N–H and O–H groups in total. The van der Waals surface area contributed by atoms with Crippen LogP contribution in [0.15, 0.2) is 54.3 Å². The number of benzene rings is 1. The van der Waals surface area contributed by atoms with Crippen molar-refractivity contribution in [3.63, 3.8) is 0 Å². The topological polar surface area (TPSA) is 93.7 Å². The van der Waals surface area contributed by atoms with Gasteiger partial charge < -0.3 is 19.7 Å². The number of hydrogen-bond acceptors (Lipinski definition) is 7. The molecule has 2 amide bonds. The van der Waals surface area contributed by atoms with Crippen LogP contribution < -0.4 is 14.8 Å². The summed E-state index contributed by atoms with van der Waals surface area (Å²) < 4.78 is 11.5. The molecule has 3 heterocycles. The number of rotatable bonds is 9. The molecule has 1 aromatic carbocycles. The molecule has 0 aliphatic carbocycles. The number of methoxy groups -OCH3 is 1. The lowest BCUT2D eigenvalue weighted by molar-refractivity contribution is -0.125. The predicted octanol–water partition coefficient (Wildman–Crippen LogP) is 3.48. The van der Waals surface area contributed by atoms with Gasteiger partial charge in [0.15, 0.2) is 11.5 Å². The zero-order valence-corrected chi connectivity index (χ0v) is 19.9. The molecule has 4 rings (SSSR count). The van der Waals surface area contributed by atoms with Gasteiger partial charge in [-0.3, -0.25) is 19.6 Å². The Hall–Kier alpha value is -3.46. The molecule has 1 aliphatic heterocycles. The number of aromatic nitrogens is 2. The van der Waals surface area contributed by atoms with Crippen LogP contribution >= 0.6 is 11.3 Å². The Kier molecular flexibility index (Phi) is 8.08. The third-order valence-corrected chi connectivity index (χ3v) is 6.47. The van der Waals surface area contributed by atoms with Crippen molar-refractivity contribution in [1.29, 1.82) is 0 Å². The number of carbonyl (C=O) groups is 2. The van der Waals surface area contributed by atoms with E-state index >= 15 is 0 Å². The standard InChI is InChI=1S/C25H28N4O4S/c1-32-22-14-18(8-9-21(22)33-13-10-19-6-2-4-11-27-19)16-29(25(31)23-15-26-17-34-23)20-7-3-5-12-28-24(20)30/h2,4,6,8-9,11,14-15,17,20H,3,5,7,10,12-13,16H2,1H3,(H,28,30)/t20-/m0/s1. The second-order valence-corrected chi connectivity index (χ2v) is 8.89. The van der Waals surface area contributed by atoms with Gasteiger partial charge in [0.2, 0.25) is 5.91 Å². The summed E-state index contributed by atoms with van der Waals surface area (Å²) in [6.45, 7) is 1.38. The van der Waals surface area contributed by atoms with Crippen molar-refractivity contribution < 1.29 is 19.1 Å². The Morgan fingerprint density at radius 3 is 2.91 bits per heavy atom. The third kappa shape index (κ3) is 5.91. The highest BCUT2D eigenvalue weighted by Crippen LogP contribution is 2.30. The van der Waals surface area contributed by atoms with Crippen LogP contribution in [-0.4, -0.2) is 53.0 Å². The van der Waals surface area contributed by atoms with Crippen LogP contribution in [0, 0.1) is 0 Å². The second kappa shape index (κ2) is 11.6. The molecule has 2 aromatic heterocycles. The van der Waals surface area contributed by atoms with Gasteiger partial charge in [-0.25, -0.2) is 0 Å². The number of pyridine rings is 1. The van der Waals surface area contributed by atoms with Crippen LogP contribution in [0.4, 0.5) is 0 Å². The first-order valence-corrected chi connectivity index (χ1v) is 12.2. The van der Waals surface area contributed by atoms with Crippen LogP contribution in [0.25, 0.3) is 0 Å². The van der Waals surface area contributed by atoms with E-state index < -0.39 is 6.04 Å². The average Bonchev–Trinajstić information content (AvgIpc) is 3.32. The summed E-state index contributed by atoms with van der Waals surface area (Å²) >= 11 is 1.27. The first-order chi connectivity index (χ1) is 16.7. The van der Waals surface area contributed by atoms with E-state index in [9.17, 15) is 9.59 Å². The highest BCUT2D eigenvalue weighted by atomic mass is 32.1. The summed E-state index contributed by atoms with van der Waals surface area (Å²) in [5.74, 6) is 0.889. The van der Waals surface area contributed by atoms with Gasteiger partial charge in [-0.05, 0) is 49.1 Å². The molecule has 1 aliphatic rings. The molecule has 1 atom stereocenters. The highest BCUT2D eigenvalue weighted by Gasteiger charge is 2.32. The van der Waals surface area contributed by atoms with Crippen molar-refractivity contribution >= 4 is 23.2 Å². The Morgan fingerprint density at radius 2 is 2.15 bits per heavy atom. The molecular weight excluding hydrogens is 452 g/mol. The van der Waals surface area contributed by atoms with Crippen molar-refractivity contribution in [2.75, 3.05) is 20.3 Å². The minimum Gasteiger partial charge on any atom is -0.493 e. The maximum atomic E-state index is 13.3. The molecule has 1 fully saturated rings. The lowest BCUT2D eigenvalue weighted by Crippen LogP contribution is -2.48. The first-order valence-electron chi connectivity index (χ1n) is 11.3. The van der Waals surface area contributed by atoms with E-state index in [4.69, 9.17) is 9.47 Å². The smallest absolute Gasteiger partial charge is 0.266 e. The summed E-state index contributed by atoms with van der Waals surface area (Å²) in [5, 5.41) is 2.93. The van der Waals surface area contributed by atoms with Crippen LogP contribution in [0.5, 0.6) is 11.5 Å². The lowest BCUT2D eigenvalue weighted by atomic mass is 10.1. The number of hydrogen-bond donors (Lipinski definition) is 1. The van der Waals surface area contributed by atoms with E-state index in [1.54, 1.807) is 29.9 Å². The van der Waals surface area contributed by atoms with E-state index in [1.807, 2.05) is 36.4 Å². The quantitative estimate of drug-likeness (QED) is 0.504. The monoisotopic (exact) mass is 480 g/mol. The number of thiazole rings is 1. The molecule has 34 heavy (non-hydrogen) atoms. The van der Waals surface area contributed by atoms with E-state index in [1.165, 1.54) is 11.3 Å². The Morgan fingerprint density at radius 1 is 1.24 bits per heavy atom. The Labute approximate surface area is 202 Å². The van der Waals surface area contributed by atoms with Crippen LogP contribution in [0.2, 0.25) is 0 Å². The molecular formula is C25H28N4O4S. The van der Waals surface area contributed by atoms with Gasteiger partial charge in [0, 0.05) is 31.4 Å². The SMILES string of the molecule is COc1cc(CN(C(=O)c2cncs2)[C@H]2CCCCNC2=O)ccc1OCCc1ccccn1. The van der Waals surface area contributed by atoms with Crippen molar-refractivity contribution in [2.45, 2.75) is 38.3 Å². The molecule has 178 valence electrons. The van der Waals surface area contributed by atoms with Gasteiger partial charge >= 0.3 is 0 Å². The van der Waals surface area contributed by atoms with Crippen molar-refractivity contribution in [1.82, 2.24) is 20.2 Å². The van der Waals surface area contributed by atoms with Crippen molar-refractivity contribution in [3.8, 4) is 11.5 Å². The fraction of sp³-hybridized carbons (Fsp3) is 0.360. The molecule has 8 nitrogen and oxygen atoms in total. The summed E-state index contributed by atoms with van der Waals surface area (Å²) in [5.41, 5.74) is 3.43. The molecule has 0 spiro atoms. The molecule has 0 saturated carbocycles. The van der Waals surface area contributed by atoms with Gasteiger partial charge in [0.25, 0.3) is 5.91 Å². The number of ether oxygens (including phenoxy) is 2. The number of amides is 2. The van der Waals surface area contributed by atoms with E-state index in [0.29, 0.717) is 42.4 Å². The largest absolute Gasteiger partial charge is 0.493 e. The van der Waals surface area contributed by atoms with E-state index in [0.717, 1.165) is 24.1 Å². The zero-order chi connectivity index (χ0) is 23.8. The number of nitrogens with one attached hydrogen (secondary N) is 1. The fourth-order valence-corrected chi connectivity index (χ4v) is 4.52. The fourth-order valence-electron chi connectivity index (χ4n) is 3.94. The minimum absolute atomic E-state index is 0.114.